The molecule has 1 aliphatic heterocycles. The Bertz CT molecular complexity index is 288. The molecular weight excluding hydrogens is 202 g/mol. The lowest BCUT2D eigenvalue weighted by molar-refractivity contribution is -0.125. The number of hydrogen-bond donors (Lipinski definition) is 2. The maximum absolute atomic E-state index is 11.2. The largest absolute Gasteiger partial charge is 0.370 e. The minimum atomic E-state index is -0.472. The van der Waals surface area contributed by atoms with E-state index in [-0.39, 0.29) is 24.2 Å². The quantitative estimate of drug-likeness (QED) is 0.688. The third kappa shape index (κ3) is 4.08. The van der Waals surface area contributed by atoms with Crippen LogP contribution in [0.15, 0.2) is 16.5 Å². The molecule has 1 unspecified atom stereocenters. The number of nitrogens with two attached hydrogens (primary N) is 1. The van der Waals surface area contributed by atoms with E-state index in [2.05, 4.69) is 10.3 Å². The molecule has 1 atom stereocenters. The van der Waals surface area contributed by atoms with Gasteiger partial charge < -0.3 is 11.1 Å². The average molecular weight is 213 g/mol. The monoisotopic (exact) mass is 213 g/mol. The van der Waals surface area contributed by atoms with Crippen LogP contribution in [0.2, 0.25) is 0 Å². The Morgan fingerprint density at radius 3 is 2.86 bits per heavy atom. The summed E-state index contributed by atoms with van der Waals surface area (Å²) in [6.45, 7) is 0. The number of aliphatic imine (C=N–C) groups is 1. The van der Waals surface area contributed by atoms with Crippen LogP contribution in [0.4, 0.5) is 0 Å². The number of thioether (sulfide) groups is 1. The van der Waals surface area contributed by atoms with Crippen molar-refractivity contribution >= 4 is 29.8 Å². The maximum atomic E-state index is 11.2. The van der Waals surface area contributed by atoms with Crippen LogP contribution >= 0.6 is 11.8 Å². The van der Waals surface area contributed by atoms with E-state index in [4.69, 9.17) is 5.73 Å². The van der Waals surface area contributed by atoms with Gasteiger partial charge in [-0.15, -0.1) is 0 Å². The number of primary amides is 1. The molecule has 1 rings (SSSR count). The minimum Gasteiger partial charge on any atom is -0.370 e. The van der Waals surface area contributed by atoms with Crippen LogP contribution < -0.4 is 11.1 Å². The van der Waals surface area contributed by atoms with Gasteiger partial charge in [0.05, 0.1) is 0 Å². The minimum absolute atomic E-state index is 0.0722. The molecule has 0 fully saturated rings. The summed E-state index contributed by atoms with van der Waals surface area (Å²) in [7, 11) is 0. The third-order valence-corrected chi connectivity index (χ3v) is 2.29. The van der Waals surface area contributed by atoms with Crippen molar-refractivity contribution in [1.82, 2.24) is 5.32 Å². The topological polar surface area (TPSA) is 84.5 Å². The van der Waals surface area contributed by atoms with Gasteiger partial charge in [-0.05, 0) is 11.5 Å². The number of allylic oxidation sites excluding steroid dienone is 1. The van der Waals surface area contributed by atoms with Gasteiger partial charge in [0.25, 0.3) is 0 Å². The summed E-state index contributed by atoms with van der Waals surface area (Å²) in [6, 6.07) is 0. The van der Waals surface area contributed by atoms with Crippen molar-refractivity contribution in [2.45, 2.75) is 18.3 Å². The van der Waals surface area contributed by atoms with E-state index in [1.807, 2.05) is 5.41 Å². The first-order valence-electron chi connectivity index (χ1n) is 4.10. The first-order chi connectivity index (χ1) is 6.68. The molecule has 0 aromatic rings. The highest BCUT2D eigenvalue weighted by molar-refractivity contribution is 8.02. The lowest BCUT2D eigenvalue weighted by Crippen LogP contribution is -2.32. The molecular formula is C8H11N3O2S. The summed E-state index contributed by atoms with van der Waals surface area (Å²) < 4.78 is 0. The summed E-state index contributed by atoms with van der Waals surface area (Å²) in [5.41, 5.74) is 4.63. The second-order valence-electron chi connectivity index (χ2n) is 2.65. The van der Waals surface area contributed by atoms with E-state index in [1.54, 1.807) is 12.3 Å². The Hall–Kier alpha value is -1.30. The molecule has 2 amide bonds. The molecule has 0 saturated heterocycles. The fraction of sp³-hybridized carbons (Fsp3) is 0.375. The highest BCUT2D eigenvalue weighted by atomic mass is 32.2. The van der Waals surface area contributed by atoms with Gasteiger partial charge in [-0.25, -0.2) is 0 Å². The van der Waals surface area contributed by atoms with Gasteiger partial charge in [0, 0.05) is 19.1 Å². The van der Waals surface area contributed by atoms with Crippen molar-refractivity contribution in [2.24, 2.45) is 10.7 Å². The van der Waals surface area contributed by atoms with Crippen LogP contribution in [0, 0.1) is 0 Å². The van der Waals surface area contributed by atoms with Crippen LogP contribution in [0.5, 0.6) is 0 Å². The summed E-state index contributed by atoms with van der Waals surface area (Å²) in [5.74, 6) is -0.686. The Morgan fingerprint density at radius 1 is 1.50 bits per heavy atom. The second kappa shape index (κ2) is 5.43. The van der Waals surface area contributed by atoms with E-state index >= 15 is 0 Å². The van der Waals surface area contributed by atoms with E-state index < -0.39 is 5.91 Å². The fourth-order valence-corrected chi connectivity index (χ4v) is 1.49. The van der Waals surface area contributed by atoms with Crippen molar-refractivity contribution in [3.8, 4) is 0 Å². The summed E-state index contributed by atoms with van der Waals surface area (Å²) in [4.78, 5) is 25.6. The van der Waals surface area contributed by atoms with Crippen LogP contribution in [-0.2, 0) is 9.59 Å². The normalized spacial score (nSPS) is 19.3. The van der Waals surface area contributed by atoms with Gasteiger partial charge >= 0.3 is 0 Å². The Balaban J connectivity index is 2.23. The molecule has 1 aliphatic rings. The first-order valence-corrected chi connectivity index (χ1v) is 5.04. The van der Waals surface area contributed by atoms with Gasteiger partial charge in [0.2, 0.25) is 11.8 Å². The number of carbonyl (C=O) groups excluding carboxylic acids is 2. The predicted octanol–water partition coefficient (Wildman–Crippen LogP) is -0.0170. The number of carbonyl (C=O) groups is 2. The van der Waals surface area contributed by atoms with E-state index in [9.17, 15) is 9.59 Å². The number of amides is 2. The van der Waals surface area contributed by atoms with Crippen LogP contribution in [0.25, 0.3) is 0 Å². The summed E-state index contributed by atoms with van der Waals surface area (Å²) >= 11 is 1.40. The van der Waals surface area contributed by atoms with Gasteiger partial charge in [-0.1, -0.05) is 11.8 Å². The zero-order valence-electron chi connectivity index (χ0n) is 7.47. The zero-order chi connectivity index (χ0) is 10.4. The number of nitrogens with one attached hydrogen (secondary N) is 1. The number of rotatable bonds is 4. The van der Waals surface area contributed by atoms with E-state index in [0.717, 1.165) is 0 Å². The number of hydrogen-bond acceptors (Lipinski definition) is 4. The SMILES string of the molecule is NC(=O)CCC(=O)NC1N=CC=CS1. The lowest BCUT2D eigenvalue weighted by atomic mass is 10.3. The molecule has 0 bridgehead atoms. The van der Waals surface area contributed by atoms with Crippen molar-refractivity contribution in [2.75, 3.05) is 0 Å². The fourth-order valence-electron chi connectivity index (χ4n) is 0.836. The molecule has 0 radical (unpaired) electrons. The Morgan fingerprint density at radius 2 is 2.29 bits per heavy atom. The third-order valence-electron chi connectivity index (χ3n) is 1.48. The standard InChI is InChI=1S/C8H11N3O2S/c9-6(12)2-3-7(13)11-8-10-4-1-5-14-8/h1,4-5,8H,2-3H2,(H2,9,12)(H,11,13). The van der Waals surface area contributed by atoms with Crippen molar-refractivity contribution in [1.29, 1.82) is 0 Å². The maximum Gasteiger partial charge on any atom is 0.222 e. The second-order valence-corrected chi connectivity index (χ2v) is 3.64. The zero-order valence-corrected chi connectivity index (χ0v) is 8.29. The van der Waals surface area contributed by atoms with Crippen LogP contribution in [-0.4, -0.2) is 23.5 Å². The van der Waals surface area contributed by atoms with Gasteiger partial charge in [0.1, 0.15) is 0 Å². The molecule has 0 aromatic carbocycles. The molecule has 0 aliphatic carbocycles. The Kier molecular flexibility index (Phi) is 4.18. The number of nitrogens with zero attached hydrogens (tertiary/aromatic N) is 1. The molecule has 14 heavy (non-hydrogen) atoms. The highest BCUT2D eigenvalue weighted by Gasteiger charge is 2.11. The van der Waals surface area contributed by atoms with Crippen LogP contribution in [0.3, 0.4) is 0 Å². The molecule has 0 aromatic heterocycles. The highest BCUT2D eigenvalue weighted by Crippen LogP contribution is 2.13. The lowest BCUT2D eigenvalue weighted by Gasteiger charge is -2.13. The molecule has 76 valence electrons. The molecule has 0 spiro atoms. The summed E-state index contributed by atoms with van der Waals surface area (Å²) in [6.07, 6.45) is 3.60. The molecule has 3 N–H and O–H groups in total. The van der Waals surface area contributed by atoms with E-state index in [1.165, 1.54) is 11.8 Å². The van der Waals surface area contributed by atoms with Gasteiger partial charge in [-0.2, -0.15) is 0 Å². The molecule has 6 heteroatoms. The van der Waals surface area contributed by atoms with Gasteiger partial charge in [-0.3, -0.25) is 14.6 Å². The predicted molar refractivity (Wildman–Crippen MR) is 55.6 cm³/mol. The van der Waals surface area contributed by atoms with Crippen LogP contribution in [0.1, 0.15) is 12.8 Å². The van der Waals surface area contributed by atoms with Gasteiger partial charge in [0.15, 0.2) is 5.50 Å². The van der Waals surface area contributed by atoms with Crippen molar-refractivity contribution < 1.29 is 9.59 Å². The summed E-state index contributed by atoms with van der Waals surface area (Å²) in [5, 5.41) is 4.48. The Labute approximate surface area is 85.8 Å². The van der Waals surface area contributed by atoms with E-state index in [0.29, 0.717) is 0 Å². The smallest absolute Gasteiger partial charge is 0.222 e. The van der Waals surface area contributed by atoms with Crippen molar-refractivity contribution in [3.63, 3.8) is 0 Å². The average Bonchev–Trinajstić information content (AvgIpc) is 2.16. The molecule has 5 nitrogen and oxygen atoms in total. The first kappa shape index (κ1) is 10.8. The van der Waals surface area contributed by atoms with Crippen molar-refractivity contribution in [3.05, 3.63) is 11.5 Å². The molecule has 0 saturated carbocycles. The molecule has 1 heterocycles.